The van der Waals surface area contributed by atoms with Crippen molar-refractivity contribution in [1.82, 2.24) is 9.97 Å². The van der Waals surface area contributed by atoms with E-state index in [1.54, 1.807) is 36.7 Å². The van der Waals surface area contributed by atoms with Gasteiger partial charge in [0.2, 0.25) is 0 Å². The van der Waals surface area contributed by atoms with E-state index in [0.29, 0.717) is 35.2 Å². The third-order valence-electron chi connectivity index (χ3n) is 3.72. The van der Waals surface area contributed by atoms with E-state index in [2.05, 4.69) is 21.9 Å². The molecule has 1 N–H and O–H groups in total. The number of carbonyl (C=O) groups excluding carboxylic acids is 1. The van der Waals surface area contributed by atoms with Gasteiger partial charge in [-0.15, -0.1) is 0 Å². The van der Waals surface area contributed by atoms with Gasteiger partial charge < -0.3 is 14.8 Å². The molecule has 0 radical (unpaired) electrons. The molecule has 0 atom stereocenters. The van der Waals surface area contributed by atoms with E-state index in [9.17, 15) is 4.79 Å². The van der Waals surface area contributed by atoms with Crippen molar-refractivity contribution in [2.75, 3.05) is 19.0 Å². The topological polar surface area (TPSA) is 73.3 Å². The monoisotopic (exact) mass is 361 g/mol. The Labute approximate surface area is 157 Å². The van der Waals surface area contributed by atoms with Crippen molar-refractivity contribution in [1.29, 1.82) is 0 Å². The van der Waals surface area contributed by atoms with Crippen LogP contribution >= 0.6 is 0 Å². The number of aromatic nitrogens is 2. The molecule has 0 fully saturated rings. The molecule has 0 aliphatic rings. The number of nitrogens with one attached hydrogen (secondary N) is 1. The van der Waals surface area contributed by atoms with E-state index in [1.807, 2.05) is 30.3 Å². The maximum atomic E-state index is 12.5. The van der Waals surface area contributed by atoms with Gasteiger partial charge in [-0.2, -0.15) is 0 Å². The number of rotatable bonds is 7. The maximum Gasteiger partial charge on any atom is 0.255 e. The van der Waals surface area contributed by atoms with Gasteiger partial charge in [0.15, 0.2) is 17.3 Å². The Bertz CT molecular complexity index is 925. The Morgan fingerprint density at radius 2 is 1.85 bits per heavy atom. The van der Waals surface area contributed by atoms with Crippen molar-refractivity contribution in [3.8, 4) is 22.9 Å². The van der Waals surface area contributed by atoms with Gasteiger partial charge >= 0.3 is 0 Å². The Morgan fingerprint density at radius 3 is 2.52 bits per heavy atom. The summed E-state index contributed by atoms with van der Waals surface area (Å²) in [6, 6.07) is 14.6. The SMILES string of the molecule is C=CCOc1ccc(C(=O)Nc2cnc(-c3ccccc3)nc2)cc1OC. The van der Waals surface area contributed by atoms with Gasteiger partial charge in [0, 0.05) is 11.1 Å². The molecule has 0 spiro atoms. The summed E-state index contributed by atoms with van der Waals surface area (Å²) in [5.74, 6) is 1.32. The lowest BCUT2D eigenvalue weighted by atomic mass is 10.2. The van der Waals surface area contributed by atoms with Crippen molar-refractivity contribution >= 4 is 11.6 Å². The van der Waals surface area contributed by atoms with Gasteiger partial charge in [0.25, 0.3) is 5.91 Å². The molecule has 6 nitrogen and oxygen atoms in total. The third kappa shape index (κ3) is 4.49. The van der Waals surface area contributed by atoms with Gasteiger partial charge in [-0.3, -0.25) is 4.79 Å². The first-order chi connectivity index (χ1) is 13.2. The predicted molar refractivity (Wildman–Crippen MR) is 104 cm³/mol. The minimum absolute atomic E-state index is 0.292. The molecule has 0 aliphatic carbocycles. The molecule has 1 amide bonds. The van der Waals surface area contributed by atoms with Crippen LogP contribution in [0.3, 0.4) is 0 Å². The lowest BCUT2D eigenvalue weighted by molar-refractivity contribution is 0.102. The average Bonchev–Trinajstić information content (AvgIpc) is 2.73. The van der Waals surface area contributed by atoms with E-state index in [-0.39, 0.29) is 5.91 Å². The number of ether oxygens (including phenoxy) is 2. The highest BCUT2D eigenvalue weighted by molar-refractivity contribution is 6.04. The second-order valence-corrected chi connectivity index (χ2v) is 5.58. The zero-order valence-corrected chi connectivity index (χ0v) is 14.9. The Hall–Kier alpha value is -3.67. The Morgan fingerprint density at radius 1 is 1.11 bits per heavy atom. The summed E-state index contributed by atoms with van der Waals surface area (Å²) in [6.45, 7) is 3.96. The van der Waals surface area contributed by atoms with E-state index < -0.39 is 0 Å². The molecule has 136 valence electrons. The number of benzene rings is 2. The highest BCUT2D eigenvalue weighted by Gasteiger charge is 2.12. The number of methoxy groups -OCH3 is 1. The third-order valence-corrected chi connectivity index (χ3v) is 3.72. The van der Waals surface area contributed by atoms with E-state index >= 15 is 0 Å². The Balaban J connectivity index is 1.72. The zero-order valence-electron chi connectivity index (χ0n) is 14.9. The van der Waals surface area contributed by atoms with E-state index in [4.69, 9.17) is 9.47 Å². The minimum atomic E-state index is -0.292. The van der Waals surface area contributed by atoms with Crippen molar-refractivity contribution < 1.29 is 14.3 Å². The lowest BCUT2D eigenvalue weighted by Gasteiger charge is -2.11. The first-order valence-corrected chi connectivity index (χ1v) is 8.32. The number of hydrogen-bond acceptors (Lipinski definition) is 5. The van der Waals surface area contributed by atoms with Crippen LogP contribution in [0.1, 0.15) is 10.4 Å². The molecule has 2 aromatic carbocycles. The molecule has 1 heterocycles. The molecule has 0 bridgehead atoms. The van der Waals surface area contributed by atoms with Crippen molar-refractivity contribution in [2.45, 2.75) is 0 Å². The second kappa shape index (κ2) is 8.62. The molecule has 1 aromatic heterocycles. The fraction of sp³-hybridized carbons (Fsp3) is 0.0952. The summed E-state index contributed by atoms with van der Waals surface area (Å²) in [5, 5.41) is 2.77. The number of amides is 1. The quantitative estimate of drug-likeness (QED) is 0.645. The van der Waals surface area contributed by atoms with Crippen LogP contribution in [0.25, 0.3) is 11.4 Å². The summed E-state index contributed by atoms with van der Waals surface area (Å²) >= 11 is 0. The number of hydrogen-bond donors (Lipinski definition) is 1. The average molecular weight is 361 g/mol. The van der Waals surface area contributed by atoms with Gasteiger partial charge in [0.05, 0.1) is 25.2 Å². The van der Waals surface area contributed by atoms with Crippen molar-refractivity contribution in [2.24, 2.45) is 0 Å². The predicted octanol–water partition coefficient (Wildman–Crippen LogP) is 3.97. The van der Waals surface area contributed by atoms with Gasteiger partial charge in [-0.05, 0) is 18.2 Å². The fourth-order valence-electron chi connectivity index (χ4n) is 2.41. The van der Waals surface area contributed by atoms with Gasteiger partial charge in [-0.25, -0.2) is 9.97 Å². The van der Waals surface area contributed by atoms with Crippen molar-refractivity contribution in [3.05, 3.63) is 79.1 Å². The number of anilines is 1. The highest BCUT2D eigenvalue weighted by atomic mass is 16.5. The number of nitrogens with zero attached hydrogens (tertiary/aromatic N) is 2. The van der Waals surface area contributed by atoms with E-state index in [0.717, 1.165) is 5.56 Å². The van der Waals surface area contributed by atoms with Crippen LogP contribution in [0.4, 0.5) is 5.69 Å². The molecule has 0 unspecified atom stereocenters. The molecular weight excluding hydrogens is 342 g/mol. The molecule has 3 rings (SSSR count). The van der Waals surface area contributed by atoms with Crippen LogP contribution in [0, 0.1) is 0 Å². The molecule has 0 saturated carbocycles. The molecule has 27 heavy (non-hydrogen) atoms. The van der Waals surface area contributed by atoms with Crippen LogP contribution in [0.5, 0.6) is 11.5 Å². The maximum absolute atomic E-state index is 12.5. The summed E-state index contributed by atoms with van der Waals surface area (Å²) in [5.41, 5.74) is 1.85. The van der Waals surface area contributed by atoms with Crippen LogP contribution in [-0.2, 0) is 0 Å². The molecular formula is C21H19N3O3. The molecule has 0 aliphatic heterocycles. The summed E-state index contributed by atoms with van der Waals surface area (Å²) in [6.07, 6.45) is 4.79. The van der Waals surface area contributed by atoms with Gasteiger partial charge in [-0.1, -0.05) is 43.0 Å². The first-order valence-electron chi connectivity index (χ1n) is 8.32. The van der Waals surface area contributed by atoms with Gasteiger partial charge in [0.1, 0.15) is 6.61 Å². The lowest BCUT2D eigenvalue weighted by Crippen LogP contribution is -2.12. The zero-order chi connectivity index (χ0) is 19.1. The van der Waals surface area contributed by atoms with E-state index in [1.165, 1.54) is 7.11 Å². The normalized spacial score (nSPS) is 10.1. The standard InChI is InChI=1S/C21H19N3O3/c1-3-11-27-18-10-9-16(12-19(18)26-2)21(25)24-17-13-22-20(23-14-17)15-7-5-4-6-8-15/h3-10,12-14H,1,11H2,2H3,(H,24,25). The highest BCUT2D eigenvalue weighted by Crippen LogP contribution is 2.28. The number of carbonyl (C=O) groups is 1. The van der Waals surface area contributed by atoms with Crippen LogP contribution in [-0.4, -0.2) is 29.6 Å². The van der Waals surface area contributed by atoms with Crippen LogP contribution in [0.15, 0.2) is 73.6 Å². The fourth-order valence-corrected chi connectivity index (χ4v) is 2.41. The van der Waals surface area contributed by atoms with Crippen LogP contribution < -0.4 is 14.8 Å². The minimum Gasteiger partial charge on any atom is -0.493 e. The molecule has 3 aromatic rings. The summed E-state index contributed by atoms with van der Waals surface area (Å²) < 4.78 is 10.8. The van der Waals surface area contributed by atoms with Crippen molar-refractivity contribution in [3.63, 3.8) is 0 Å². The second-order valence-electron chi connectivity index (χ2n) is 5.58. The van der Waals surface area contributed by atoms with Crippen LogP contribution in [0.2, 0.25) is 0 Å². The molecule has 6 heteroatoms. The Kier molecular flexibility index (Phi) is 5.79. The smallest absolute Gasteiger partial charge is 0.255 e. The summed E-state index contributed by atoms with van der Waals surface area (Å²) in [4.78, 5) is 21.1. The largest absolute Gasteiger partial charge is 0.493 e. The first kappa shape index (κ1) is 18.1. The summed E-state index contributed by atoms with van der Waals surface area (Å²) in [7, 11) is 1.52. The molecule has 0 saturated heterocycles.